The van der Waals surface area contributed by atoms with Crippen molar-refractivity contribution >= 4 is 32.6 Å². The van der Waals surface area contributed by atoms with Gasteiger partial charge in [-0.25, -0.2) is 0 Å². The first-order chi connectivity index (χ1) is 12.2. The molecule has 138 valence electrons. The van der Waals surface area contributed by atoms with Crippen LogP contribution in [0.1, 0.15) is 65.0 Å². The number of nitrogens with zero attached hydrogens (tertiary/aromatic N) is 2. The molecule has 0 spiro atoms. The molecule has 0 radical (unpaired) electrons. The van der Waals surface area contributed by atoms with Crippen molar-refractivity contribution in [1.82, 2.24) is 9.97 Å². The minimum atomic E-state index is -2.37. The Bertz CT molecular complexity index is 602. The standard InChI is InChI=1S/C9H7N2S.3C4H9.Sn/c1-7-6-12-9(11-7)8-3-2-4-10-5-8;3*1-3-4-2;/h2-5H,1H3;3*1,3-4H2,2H3;. The van der Waals surface area contributed by atoms with Crippen LogP contribution in [0.25, 0.3) is 10.6 Å². The fourth-order valence-corrected chi connectivity index (χ4v) is 24.8. The molecule has 0 saturated carbocycles. The van der Waals surface area contributed by atoms with Crippen LogP contribution in [0.4, 0.5) is 0 Å². The van der Waals surface area contributed by atoms with Crippen molar-refractivity contribution in [3.05, 3.63) is 30.2 Å². The van der Waals surface area contributed by atoms with Gasteiger partial charge in [-0.2, -0.15) is 0 Å². The van der Waals surface area contributed by atoms with Crippen molar-refractivity contribution < 1.29 is 0 Å². The van der Waals surface area contributed by atoms with E-state index < -0.39 is 18.4 Å². The molecule has 0 unspecified atom stereocenters. The molecule has 0 aliphatic carbocycles. The quantitative estimate of drug-likeness (QED) is 0.351. The van der Waals surface area contributed by atoms with E-state index in [4.69, 9.17) is 4.98 Å². The molecule has 0 aliphatic rings. The second-order valence-corrected chi connectivity index (χ2v) is 22.3. The molecule has 0 bridgehead atoms. The zero-order valence-electron chi connectivity index (χ0n) is 16.5. The molecule has 2 aromatic rings. The molecule has 0 amide bonds. The van der Waals surface area contributed by atoms with Gasteiger partial charge in [0, 0.05) is 0 Å². The van der Waals surface area contributed by atoms with Gasteiger partial charge in [0.1, 0.15) is 0 Å². The molecular formula is C21H34N2SSn. The molecular weight excluding hydrogens is 431 g/mol. The summed E-state index contributed by atoms with van der Waals surface area (Å²) >= 11 is -0.353. The van der Waals surface area contributed by atoms with E-state index in [1.165, 1.54) is 68.1 Å². The Kier molecular flexibility index (Phi) is 8.91. The maximum absolute atomic E-state index is 5.00. The minimum absolute atomic E-state index is 1.18. The summed E-state index contributed by atoms with van der Waals surface area (Å²) in [7, 11) is 0. The van der Waals surface area contributed by atoms with E-state index >= 15 is 0 Å². The first-order valence-electron chi connectivity index (χ1n) is 10.0. The molecule has 2 heterocycles. The molecule has 2 nitrogen and oxygen atoms in total. The number of aryl methyl sites for hydroxylation is 1. The number of unbranched alkanes of at least 4 members (excludes halogenated alkanes) is 3. The van der Waals surface area contributed by atoms with Crippen LogP contribution in [0.15, 0.2) is 24.5 Å². The predicted molar refractivity (Wildman–Crippen MR) is 115 cm³/mol. The summed E-state index contributed by atoms with van der Waals surface area (Å²) in [5, 5.41) is 1.19. The second kappa shape index (κ2) is 10.7. The van der Waals surface area contributed by atoms with Gasteiger partial charge in [-0.3, -0.25) is 0 Å². The van der Waals surface area contributed by atoms with E-state index in [1.54, 1.807) is 2.89 Å². The molecule has 0 atom stereocenters. The average Bonchev–Trinajstić information content (AvgIpc) is 3.05. The number of hydrogen-bond acceptors (Lipinski definition) is 3. The maximum atomic E-state index is 5.00. The van der Waals surface area contributed by atoms with Crippen LogP contribution in [0, 0.1) is 6.92 Å². The van der Waals surface area contributed by atoms with Crippen molar-refractivity contribution in [2.75, 3.05) is 0 Å². The molecule has 25 heavy (non-hydrogen) atoms. The summed E-state index contributed by atoms with van der Waals surface area (Å²) in [6.07, 6.45) is 12.0. The van der Waals surface area contributed by atoms with Crippen LogP contribution < -0.4 is 2.89 Å². The van der Waals surface area contributed by atoms with E-state index in [0.717, 1.165) is 0 Å². The molecule has 4 heteroatoms. The summed E-state index contributed by atoms with van der Waals surface area (Å²) in [4.78, 5) is 9.30. The van der Waals surface area contributed by atoms with Gasteiger partial charge >= 0.3 is 163 Å². The Hall–Kier alpha value is -0.421. The molecule has 2 rings (SSSR count). The second-order valence-electron chi connectivity index (χ2n) is 7.27. The van der Waals surface area contributed by atoms with Gasteiger partial charge in [-0.1, -0.05) is 0 Å². The number of rotatable bonds is 11. The first kappa shape index (κ1) is 20.9. The van der Waals surface area contributed by atoms with E-state index in [0.29, 0.717) is 0 Å². The van der Waals surface area contributed by atoms with E-state index in [9.17, 15) is 0 Å². The Balaban J connectivity index is 2.42. The molecule has 0 fully saturated rings. The zero-order chi connectivity index (χ0) is 18.1. The third-order valence-corrected chi connectivity index (χ3v) is 25.0. The summed E-state index contributed by atoms with van der Waals surface area (Å²) in [5.41, 5.74) is 2.52. The molecule has 0 saturated heterocycles. The van der Waals surface area contributed by atoms with E-state index in [2.05, 4.69) is 38.7 Å². The third-order valence-electron chi connectivity index (χ3n) is 5.21. The normalized spacial score (nSPS) is 11.8. The number of hydrogen-bond donors (Lipinski definition) is 0. The van der Waals surface area contributed by atoms with E-state index in [-0.39, 0.29) is 0 Å². The fraction of sp³-hybridized carbons (Fsp3) is 0.619. The van der Waals surface area contributed by atoms with Crippen molar-refractivity contribution in [3.8, 4) is 10.6 Å². The fourth-order valence-electron chi connectivity index (χ4n) is 3.76. The van der Waals surface area contributed by atoms with Crippen LogP contribution in [-0.2, 0) is 0 Å². The molecule has 0 N–H and O–H groups in total. The zero-order valence-corrected chi connectivity index (χ0v) is 20.1. The van der Waals surface area contributed by atoms with E-state index in [1.807, 2.05) is 29.8 Å². The van der Waals surface area contributed by atoms with Crippen molar-refractivity contribution in [2.45, 2.75) is 79.5 Å². The number of pyridine rings is 1. The summed E-state index contributed by atoms with van der Waals surface area (Å²) in [5.74, 6) is 0. The summed E-state index contributed by atoms with van der Waals surface area (Å²) in [6.45, 7) is 9.30. The van der Waals surface area contributed by atoms with Crippen molar-refractivity contribution in [3.63, 3.8) is 0 Å². The SMILES string of the molecule is CCC[CH2][Sn]([CH2]CCC)([CH2]CCC)[c]1sc(-c2cccnc2)nc1C. The van der Waals surface area contributed by atoms with Crippen LogP contribution >= 0.6 is 11.3 Å². The Labute approximate surface area is 162 Å². The van der Waals surface area contributed by atoms with Crippen LogP contribution in [0.3, 0.4) is 0 Å². The Morgan fingerprint density at radius 3 is 2.04 bits per heavy atom. The average molecular weight is 465 g/mol. The van der Waals surface area contributed by atoms with Gasteiger partial charge in [0.05, 0.1) is 0 Å². The monoisotopic (exact) mass is 466 g/mol. The van der Waals surface area contributed by atoms with Gasteiger partial charge in [0.25, 0.3) is 0 Å². The summed E-state index contributed by atoms with van der Waals surface area (Å²) in [6, 6.07) is 4.17. The Morgan fingerprint density at radius 1 is 0.960 bits per heavy atom. The molecule has 0 aliphatic heterocycles. The molecule has 0 aromatic carbocycles. The number of aromatic nitrogens is 2. The first-order valence-corrected chi connectivity index (χ1v) is 18.3. The van der Waals surface area contributed by atoms with Crippen molar-refractivity contribution in [1.29, 1.82) is 0 Å². The van der Waals surface area contributed by atoms with Crippen LogP contribution in [-0.4, -0.2) is 28.3 Å². The van der Waals surface area contributed by atoms with Gasteiger partial charge < -0.3 is 0 Å². The van der Waals surface area contributed by atoms with Gasteiger partial charge in [-0.05, 0) is 0 Å². The third kappa shape index (κ3) is 5.52. The van der Waals surface area contributed by atoms with Crippen LogP contribution in [0.5, 0.6) is 0 Å². The molecule has 2 aromatic heterocycles. The van der Waals surface area contributed by atoms with Gasteiger partial charge in [0.2, 0.25) is 0 Å². The number of thiazole rings is 1. The Morgan fingerprint density at radius 2 is 1.56 bits per heavy atom. The topological polar surface area (TPSA) is 25.8 Å². The van der Waals surface area contributed by atoms with Gasteiger partial charge in [-0.15, -0.1) is 0 Å². The van der Waals surface area contributed by atoms with Crippen molar-refractivity contribution in [2.24, 2.45) is 0 Å². The summed E-state index contributed by atoms with van der Waals surface area (Å²) < 4.78 is 6.30. The predicted octanol–water partition coefficient (Wildman–Crippen LogP) is 6.57. The van der Waals surface area contributed by atoms with Gasteiger partial charge in [0.15, 0.2) is 0 Å². The van der Waals surface area contributed by atoms with Crippen LogP contribution in [0.2, 0.25) is 13.3 Å².